The van der Waals surface area contributed by atoms with Crippen LogP contribution in [0.5, 0.6) is 5.75 Å². The molecular formula is C20H25F2NO4. The highest BCUT2D eigenvalue weighted by atomic mass is 19.3. The molecule has 1 N–H and O–H groups in total. The van der Waals surface area contributed by atoms with Crippen molar-refractivity contribution in [3.8, 4) is 5.75 Å². The molecule has 1 amide bonds. The van der Waals surface area contributed by atoms with Gasteiger partial charge in [0, 0.05) is 12.1 Å². The Balaban J connectivity index is 1.81. The van der Waals surface area contributed by atoms with Crippen LogP contribution in [0.25, 0.3) is 6.08 Å². The van der Waals surface area contributed by atoms with Crippen LogP contribution in [-0.4, -0.2) is 30.6 Å². The molecule has 1 aromatic carbocycles. The van der Waals surface area contributed by atoms with E-state index in [4.69, 9.17) is 4.74 Å². The Bertz CT molecular complexity index is 660. The number of carbonyl (C=O) groups excluding carboxylic acids is 2. The van der Waals surface area contributed by atoms with E-state index in [1.807, 2.05) is 0 Å². The molecule has 2 rings (SSSR count). The molecule has 0 spiro atoms. The molecule has 3 unspecified atom stereocenters. The number of hydrogen-bond donors (Lipinski definition) is 1. The summed E-state index contributed by atoms with van der Waals surface area (Å²) in [6.07, 6.45) is 6.07. The van der Waals surface area contributed by atoms with Crippen molar-refractivity contribution in [2.24, 2.45) is 5.92 Å². The summed E-state index contributed by atoms with van der Waals surface area (Å²) in [5.41, 5.74) is 0.613. The molecule has 1 fully saturated rings. The standard InChI is InChI=1S/C20H25F2NO4/c1-13-5-3-4-6-17(13)23-19(25)14(2)26-18(24)12-9-15-7-10-16(11-8-15)27-20(21)22/h7-14,17,20H,3-6H2,1-2H3,(H,23,25)/b12-9+. The minimum Gasteiger partial charge on any atom is -0.449 e. The molecular weight excluding hydrogens is 356 g/mol. The van der Waals surface area contributed by atoms with Crippen molar-refractivity contribution in [2.75, 3.05) is 0 Å². The van der Waals surface area contributed by atoms with E-state index in [2.05, 4.69) is 17.0 Å². The van der Waals surface area contributed by atoms with Gasteiger partial charge in [0.15, 0.2) is 6.10 Å². The third kappa shape index (κ3) is 7.00. The second-order valence-electron chi connectivity index (χ2n) is 6.74. The average molecular weight is 381 g/mol. The second kappa shape index (κ2) is 10.0. The van der Waals surface area contributed by atoms with Crippen molar-refractivity contribution in [3.63, 3.8) is 0 Å². The van der Waals surface area contributed by atoms with Crippen LogP contribution in [0.2, 0.25) is 0 Å². The van der Waals surface area contributed by atoms with Crippen molar-refractivity contribution in [1.29, 1.82) is 0 Å². The topological polar surface area (TPSA) is 64.6 Å². The van der Waals surface area contributed by atoms with Gasteiger partial charge in [0.05, 0.1) is 0 Å². The SMILES string of the molecule is CC(OC(=O)/C=C/c1ccc(OC(F)F)cc1)C(=O)NC1CCCCC1C. The van der Waals surface area contributed by atoms with Crippen molar-refractivity contribution in [3.05, 3.63) is 35.9 Å². The third-order valence-electron chi connectivity index (χ3n) is 4.62. The van der Waals surface area contributed by atoms with Crippen molar-refractivity contribution in [1.82, 2.24) is 5.32 Å². The molecule has 7 heteroatoms. The lowest BCUT2D eigenvalue weighted by atomic mass is 9.86. The van der Waals surface area contributed by atoms with Crippen LogP contribution >= 0.6 is 0 Å². The van der Waals surface area contributed by atoms with E-state index in [9.17, 15) is 18.4 Å². The predicted octanol–water partition coefficient (Wildman–Crippen LogP) is 3.93. The first-order valence-corrected chi connectivity index (χ1v) is 9.09. The highest BCUT2D eigenvalue weighted by Crippen LogP contribution is 2.23. The highest BCUT2D eigenvalue weighted by molar-refractivity contribution is 5.90. The molecule has 1 aromatic rings. The molecule has 3 atom stereocenters. The van der Waals surface area contributed by atoms with Crippen molar-refractivity contribution in [2.45, 2.75) is 58.3 Å². The Kier molecular flexibility index (Phi) is 7.76. The van der Waals surface area contributed by atoms with Gasteiger partial charge in [-0.15, -0.1) is 0 Å². The van der Waals surface area contributed by atoms with E-state index in [0.717, 1.165) is 19.3 Å². The molecule has 1 aliphatic rings. The molecule has 27 heavy (non-hydrogen) atoms. The molecule has 0 heterocycles. The van der Waals surface area contributed by atoms with E-state index in [1.54, 1.807) is 0 Å². The summed E-state index contributed by atoms with van der Waals surface area (Å²) in [6, 6.07) is 5.93. The maximum absolute atomic E-state index is 12.2. The van der Waals surface area contributed by atoms with Crippen molar-refractivity contribution >= 4 is 18.0 Å². The first kappa shape index (κ1) is 20.9. The molecule has 0 aromatic heterocycles. The van der Waals surface area contributed by atoms with Crippen LogP contribution in [0.1, 0.15) is 45.1 Å². The van der Waals surface area contributed by atoms with Gasteiger partial charge in [-0.25, -0.2) is 4.79 Å². The summed E-state index contributed by atoms with van der Waals surface area (Å²) in [7, 11) is 0. The van der Waals surface area contributed by atoms with Gasteiger partial charge in [0.25, 0.3) is 5.91 Å². The Morgan fingerprint density at radius 2 is 1.85 bits per heavy atom. The molecule has 5 nitrogen and oxygen atoms in total. The summed E-state index contributed by atoms with van der Waals surface area (Å²) in [6.45, 7) is 0.761. The van der Waals surface area contributed by atoms with E-state index in [1.165, 1.54) is 49.8 Å². The van der Waals surface area contributed by atoms with Crippen LogP contribution in [0, 0.1) is 5.92 Å². The Labute approximate surface area is 157 Å². The molecule has 1 saturated carbocycles. The summed E-state index contributed by atoms with van der Waals surface area (Å²) in [5.74, 6) is -0.499. The number of nitrogens with one attached hydrogen (secondary N) is 1. The summed E-state index contributed by atoms with van der Waals surface area (Å²) in [5, 5.41) is 2.95. The number of carbonyl (C=O) groups is 2. The van der Waals surface area contributed by atoms with Gasteiger partial charge in [-0.1, -0.05) is 31.9 Å². The monoisotopic (exact) mass is 381 g/mol. The van der Waals surface area contributed by atoms with Gasteiger partial charge in [-0.05, 0) is 49.5 Å². The highest BCUT2D eigenvalue weighted by Gasteiger charge is 2.25. The van der Waals surface area contributed by atoms with Gasteiger partial charge < -0.3 is 14.8 Å². The van der Waals surface area contributed by atoms with Gasteiger partial charge >= 0.3 is 12.6 Å². The fourth-order valence-electron chi connectivity index (χ4n) is 3.02. The maximum Gasteiger partial charge on any atom is 0.387 e. The number of benzene rings is 1. The van der Waals surface area contributed by atoms with Crippen LogP contribution in [0.4, 0.5) is 8.78 Å². The number of amides is 1. The zero-order valence-electron chi connectivity index (χ0n) is 15.5. The van der Waals surface area contributed by atoms with Crippen LogP contribution < -0.4 is 10.1 Å². The predicted molar refractivity (Wildman–Crippen MR) is 97.2 cm³/mol. The lowest BCUT2D eigenvalue weighted by molar-refractivity contribution is -0.150. The minimum atomic E-state index is -2.88. The number of rotatable bonds is 7. The molecule has 0 bridgehead atoms. The minimum absolute atomic E-state index is 0.0342. The summed E-state index contributed by atoms with van der Waals surface area (Å²) < 4.78 is 33.6. The molecule has 1 aliphatic carbocycles. The van der Waals surface area contributed by atoms with Crippen LogP contribution in [-0.2, 0) is 14.3 Å². The van der Waals surface area contributed by atoms with Gasteiger partial charge in [0.1, 0.15) is 5.75 Å². The van der Waals surface area contributed by atoms with E-state index >= 15 is 0 Å². The maximum atomic E-state index is 12.2. The smallest absolute Gasteiger partial charge is 0.387 e. The summed E-state index contributed by atoms with van der Waals surface area (Å²) >= 11 is 0. The fourth-order valence-corrected chi connectivity index (χ4v) is 3.02. The van der Waals surface area contributed by atoms with Gasteiger partial charge in [0.2, 0.25) is 0 Å². The summed E-state index contributed by atoms with van der Waals surface area (Å²) in [4.78, 5) is 24.1. The number of alkyl halides is 2. The molecule has 0 aliphatic heterocycles. The molecule has 148 valence electrons. The fraction of sp³-hybridized carbons (Fsp3) is 0.500. The first-order chi connectivity index (χ1) is 12.8. The Hall–Kier alpha value is -2.44. The Morgan fingerprint density at radius 3 is 2.48 bits per heavy atom. The largest absolute Gasteiger partial charge is 0.449 e. The van der Waals surface area contributed by atoms with Crippen LogP contribution in [0.15, 0.2) is 30.3 Å². The van der Waals surface area contributed by atoms with Crippen molar-refractivity contribution < 1.29 is 27.8 Å². The van der Waals surface area contributed by atoms with E-state index in [0.29, 0.717) is 11.5 Å². The zero-order valence-corrected chi connectivity index (χ0v) is 15.5. The number of hydrogen-bond acceptors (Lipinski definition) is 4. The van der Waals surface area contributed by atoms with Gasteiger partial charge in [-0.3, -0.25) is 4.79 Å². The van der Waals surface area contributed by atoms with E-state index < -0.39 is 18.7 Å². The third-order valence-corrected chi connectivity index (χ3v) is 4.62. The number of esters is 1. The Morgan fingerprint density at radius 1 is 1.19 bits per heavy atom. The lowest BCUT2D eigenvalue weighted by Gasteiger charge is -2.30. The second-order valence-corrected chi connectivity index (χ2v) is 6.74. The molecule has 0 radical (unpaired) electrons. The number of ether oxygens (including phenoxy) is 2. The van der Waals surface area contributed by atoms with Crippen LogP contribution in [0.3, 0.4) is 0 Å². The zero-order chi connectivity index (χ0) is 19.8. The van der Waals surface area contributed by atoms with E-state index in [-0.39, 0.29) is 17.7 Å². The number of halogens is 2. The quantitative estimate of drug-likeness (QED) is 0.574. The average Bonchev–Trinajstić information content (AvgIpc) is 2.62. The first-order valence-electron chi connectivity index (χ1n) is 9.09. The molecule has 0 saturated heterocycles. The van der Waals surface area contributed by atoms with Gasteiger partial charge in [-0.2, -0.15) is 8.78 Å². The lowest BCUT2D eigenvalue weighted by Crippen LogP contribution is -2.45. The normalized spacial score (nSPS) is 21.1.